The van der Waals surface area contributed by atoms with Crippen LogP contribution in [0.2, 0.25) is 0 Å². The molecule has 142 valence electrons. The summed E-state index contributed by atoms with van der Waals surface area (Å²) in [5.41, 5.74) is 9.52. The molecule has 2 spiro atoms. The van der Waals surface area contributed by atoms with Crippen LogP contribution in [0.3, 0.4) is 0 Å². The number of hydrogen-bond donors (Lipinski definition) is 0. The van der Waals surface area contributed by atoms with Crippen LogP contribution in [0.1, 0.15) is 60.8 Å². The van der Waals surface area contributed by atoms with Crippen molar-refractivity contribution in [2.24, 2.45) is 0 Å². The average molecular weight is 393 g/mol. The van der Waals surface area contributed by atoms with Crippen LogP contribution in [-0.4, -0.2) is 0 Å². The number of thiophene rings is 1. The van der Waals surface area contributed by atoms with Gasteiger partial charge in [0.15, 0.2) is 0 Å². The second-order valence-corrected chi connectivity index (χ2v) is 10.2. The van der Waals surface area contributed by atoms with Gasteiger partial charge >= 0.3 is 0 Å². The molecule has 0 radical (unpaired) electrons. The maximum absolute atomic E-state index is 2.57. The zero-order valence-electron chi connectivity index (χ0n) is 16.6. The molecule has 1 heteroatoms. The van der Waals surface area contributed by atoms with Crippen LogP contribution in [0.25, 0.3) is 20.9 Å². The summed E-state index contributed by atoms with van der Waals surface area (Å²) in [6.45, 7) is 0. The van der Waals surface area contributed by atoms with Gasteiger partial charge in [0, 0.05) is 20.6 Å². The highest BCUT2D eigenvalue weighted by molar-refractivity contribution is 7.19. The molecule has 0 nitrogen and oxygen atoms in total. The maximum atomic E-state index is 2.57. The third-order valence-corrected chi connectivity index (χ3v) is 9.05. The van der Waals surface area contributed by atoms with E-state index < -0.39 is 0 Å². The van der Waals surface area contributed by atoms with Crippen LogP contribution in [0.15, 0.2) is 72.8 Å². The summed E-state index contributed by atoms with van der Waals surface area (Å²) >= 11 is 2.06. The Morgan fingerprint density at radius 2 is 1.10 bits per heavy atom. The average Bonchev–Trinajstić information content (AvgIpc) is 3.38. The first kappa shape index (κ1) is 16.4. The molecule has 4 aliphatic rings. The van der Waals surface area contributed by atoms with E-state index in [2.05, 4.69) is 84.2 Å². The van der Waals surface area contributed by atoms with Gasteiger partial charge in [-0.25, -0.2) is 0 Å². The molecule has 3 aromatic rings. The second kappa shape index (κ2) is 5.61. The quantitative estimate of drug-likeness (QED) is 0.343. The smallest absolute Gasteiger partial charge is 0.0406 e. The molecule has 0 fully saturated rings. The fourth-order valence-corrected chi connectivity index (χ4v) is 8.22. The lowest BCUT2D eigenvalue weighted by molar-refractivity contribution is 0.504. The summed E-state index contributed by atoms with van der Waals surface area (Å²) in [5, 5.41) is 0. The van der Waals surface area contributed by atoms with Crippen LogP contribution in [0.4, 0.5) is 0 Å². The zero-order chi connectivity index (χ0) is 19.1. The van der Waals surface area contributed by atoms with Gasteiger partial charge in [0.1, 0.15) is 0 Å². The van der Waals surface area contributed by atoms with Crippen molar-refractivity contribution in [3.63, 3.8) is 0 Å². The normalized spacial score (nSPS) is 27.9. The van der Waals surface area contributed by atoms with E-state index in [1.165, 1.54) is 49.7 Å². The van der Waals surface area contributed by atoms with Crippen LogP contribution >= 0.6 is 11.3 Å². The Morgan fingerprint density at radius 1 is 0.621 bits per heavy atom. The molecule has 1 aromatic heterocycles. The fraction of sp³-hybridized carbons (Fsp3) is 0.286. The van der Waals surface area contributed by atoms with Crippen molar-refractivity contribution in [1.82, 2.24) is 0 Å². The van der Waals surface area contributed by atoms with Gasteiger partial charge in [-0.15, -0.1) is 11.3 Å². The third kappa shape index (κ3) is 1.86. The molecule has 29 heavy (non-hydrogen) atoms. The number of rotatable bonds is 0. The van der Waals surface area contributed by atoms with Crippen molar-refractivity contribution in [3.05, 3.63) is 95.1 Å². The Kier molecular flexibility index (Phi) is 3.18. The van der Waals surface area contributed by atoms with Gasteiger partial charge in [0.25, 0.3) is 0 Å². The monoisotopic (exact) mass is 392 g/mol. The molecule has 0 saturated carbocycles. The van der Waals surface area contributed by atoms with E-state index in [1.807, 2.05) is 0 Å². The highest BCUT2D eigenvalue weighted by Gasteiger charge is 2.53. The third-order valence-electron chi connectivity index (χ3n) is 7.79. The van der Waals surface area contributed by atoms with E-state index in [4.69, 9.17) is 0 Å². The summed E-state index contributed by atoms with van der Waals surface area (Å²) in [5.74, 6) is 0. The lowest BCUT2D eigenvalue weighted by Gasteiger charge is -2.37. The molecule has 4 aliphatic carbocycles. The lowest BCUT2D eigenvalue weighted by Crippen LogP contribution is -2.31. The van der Waals surface area contributed by atoms with Gasteiger partial charge in [0.05, 0.1) is 0 Å². The van der Waals surface area contributed by atoms with E-state index in [0.717, 1.165) is 0 Å². The van der Waals surface area contributed by atoms with E-state index in [9.17, 15) is 0 Å². The van der Waals surface area contributed by atoms with Crippen molar-refractivity contribution in [2.75, 3.05) is 0 Å². The Balaban J connectivity index is 1.63. The molecule has 0 bridgehead atoms. The van der Waals surface area contributed by atoms with Crippen molar-refractivity contribution in [2.45, 2.75) is 49.4 Å². The van der Waals surface area contributed by atoms with E-state index in [1.54, 1.807) is 32.0 Å². The standard InChI is InChI=1S/C28H24S/c1-7-15-27(16-8-1)21-13-5-3-11-19(21)25-23(27)24-26(29-25)20-12-4-6-14-22(20)28(24)17-9-2-10-18-28/h3-7,9,11-15,17H,1-2,8,10,16,18H2. The first-order chi connectivity index (χ1) is 14.4. The van der Waals surface area contributed by atoms with E-state index in [0.29, 0.717) is 0 Å². The minimum atomic E-state index is 0.0780. The van der Waals surface area contributed by atoms with Gasteiger partial charge in [0.2, 0.25) is 0 Å². The molecule has 0 amide bonds. The summed E-state index contributed by atoms with van der Waals surface area (Å²) in [6, 6.07) is 18.5. The predicted octanol–water partition coefficient (Wildman–Crippen LogP) is 7.76. The second-order valence-electron chi connectivity index (χ2n) is 9.13. The Morgan fingerprint density at radius 3 is 1.55 bits per heavy atom. The SMILES string of the molecule is C1=CC2(CCC1)c1ccccc1-c1sc3c(c12)C1(C=CCCC1)c1ccccc1-3. The van der Waals surface area contributed by atoms with Crippen molar-refractivity contribution in [1.29, 1.82) is 0 Å². The molecule has 7 rings (SSSR count). The first-order valence-electron chi connectivity index (χ1n) is 11.1. The summed E-state index contributed by atoms with van der Waals surface area (Å²) in [7, 11) is 0. The zero-order valence-corrected chi connectivity index (χ0v) is 17.4. The van der Waals surface area contributed by atoms with Crippen molar-refractivity contribution < 1.29 is 0 Å². The van der Waals surface area contributed by atoms with Crippen LogP contribution in [-0.2, 0) is 10.8 Å². The highest BCUT2D eigenvalue weighted by atomic mass is 32.1. The number of allylic oxidation sites excluding steroid dienone is 4. The Hall–Kier alpha value is -2.38. The van der Waals surface area contributed by atoms with Crippen LogP contribution in [0.5, 0.6) is 0 Å². The minimum Gasteiger partial charge on any atom is -0.135 e. The number of hydrogen-bond acceptors (Lipinski definition) is 1. The van der Waals surface area contributed by atoms with Gasteiger partial charge in [-0.05, 0) is 71.9 Å². The van der Waals surface area contributed by atoms with Gasteiger partial charge in [-0.1, -0.05) is 72.8 Å². The molecule has 0 saturated heterocycles. The molecule has 1 heterocycles. The first-order valence-corrected chi connectivity index (χ1v) is 11.9. The minimum absolute atomic E-state index is 0.0780. The van der Waals surface area contributed by atoms with Crippen molar-refractivity contribution in [3.8, 4) is 20.9 Å². The fourth-order valence-electron chi connectivity index (χ4n) is 6.67. The highest BCUT2D eigenvalue weighted by Crippen LogP contribution is 2.66. The molecular formula is C28H24S. The number of benzene rings is 2. The van der Waals surface area contributed by atoms with E-state index in [-0.39, 0.29) is 10.8 Å². The van der Waals surface area contributed by atoms with Gasteiger partial charge in [-0.3, -0.25) is 0 Å². The lowest BCUT2D eigenvalue weighted by atomic mass is 9.65. The Labute approximate surface area is 176 Å². The molecule has 0 aliphatic heterocycles. The Bertz CT molecular complexity index is 1130. The molecule has 2 unspecified atom stereocenters. The van der Waals surface area contributed by atoms with Gasteiger partial charge < -0.3 is 0 Å². The van der Waals surface area contributed by atoms with Gasteiger partial charge in [-0.2, -0.15) is 0 Å². The molecule has 2 atom stereocenters. The number of fused-ring (bicyclic) bond motifs is 11. The summed E-state index contributed by atoms with van der Waals surface area (Å²) in [6.07, 6.45) is 17.5. The molecule has 2 aromatic carbocycles. The largest absolute Gasteiger partial charge is 0.135 e. The van der Waals surface area contributed by atoms with Crippen molar-refractivity contribution >= 4 is 11.3 Å². The van der Waals surface area contributed by atoms with E-state index >= 15 is 0 Å². The molecular weight excluding hydrogens is 368 g/mol. The summed E-state index contributed by atoms with van der Waals surface area (Å²) < 4.78 is 0. The summed E-state index contributed by atoms with van der Waals surface area (Å²) in [4.78, 5) is 3.09. The predicted molar refractivity (Wildman–Crippen MR) is 123 cm³/mol. The van der Waals surface area contributed by atoms with Crippen LogP contribution in [0, 0.1) is 0 Å². The topological polar surface area (TPSA) is 0 Å². The van der Waals surface area contributed by atoms with Crippen LogP contribution < -0.4 is 0 Å². The maximum Gasteiger partial charge on any atom is 0.0406 e. The molecule has 0 N–H and O–H groups in total.